The third-order valence-corrected chi connectivity index (χ3v) is 9.96. The van der Waals surface area contributed by atoms with E-state index in [9.17, 15) is 16.8 Å². The zero-order chi connectivity index (χ0) is 23.7. The van der Waals surface area contributed by atoms with E-state index in [0.29, 0.717) is 28.3 Å². The van der Waals surface area contributed by atoms with Crippen molar-refractivity contribution in [1.29, 1.82) is 0 Å². The van der Waals surface area contributed by atoms with Crippen molar-refractivity contribution >= 4 is 25.8 Å². The van der Waals surface area contributed by atoms with Gasteiger partial charge < -0.3 is 0 Å². The SMILES string of the molecule is Cc1ccc(S(=O)(=O)N(N=C2CCC(C(C)(C)C)CC2)S(=O)(=O)c2ccc(C)cc2)cc1. The summed E-state index contributed by atoms with van der Waals surface area (Å²) in [5.74, 6) is 0.484. The molecule has 1 aliphatic carbocycles. The molecule has 0 radical (unpaired) electrons. The Labute approximate surface area is 192 Å². The van der Waals surface area contributed by atoms with Crippen molar-refractivity contribution in [3.8, 4) is 0 Å². The van der Waals surface area contributed by atoms with Gasteiger partial charge in [0.2, 0.25) is 0 Å². The molecule has 32 heavy (non-hydrogen) atoms. The standard InChI is InChI=1S/C24H32N2O4S2/c1-18-6-14-22(15-7-18)31(27,28)26(32(29,30)23-16-8-19(2)9-17-23)25-21-12-10-20(11-13-21)24(3,4)5/h6-9,14-17,20H,10-13H2,1-5H3. The topological polar surface area (TPSA) is 83.9 Å². The molecule has 3 rings (SSSR count). The molecule has 0 unspecified atom stereocenters. The van der Waals surface area contributed by atoms with E-state index >= 15 is 0 Å². The molecule has 6 nitrogen and oxygen atoms in total. The van der Waals surface area contributed by atoms with Crippen LogP contribution < -0.4 is 0 Å². The average Bonchev–Trinajstić information content (AvgIpc) is 2.72. The monoisotopic (exact) mass is 476 g/mol. The maximum Gasteiger partial charge on any atom is 0.293 e. The summed E-state index contributed by atoms with van der Waals surface area (Å²) in [4.78, 5) is -0.210. The molecule has 0 atom stereocenters. The predicted molar refractivity (Wildman–Crippen MR) is 127 cm³/mol. The van der Waals surface area contributed by atoms with Crippen LogP contribution in [0, 0.1) is 25.2 Å². The van der Waals surface area contributed by atoms with E-state index in [-0.39, 0.29) is 15.2 Å². The fraction of sp³-hybridized carbons (Fsp3) is 0.458. The Hall–Kier alpha value is -2.19. The van der Waals surface area contributed by atoms with E-state index in [4.69, 9.17) is 0 Å². The van der Waals surface area contributed by atoms with E-state index in [1.807, 2.05) is 13.8 Å². The lowest BCUT2D eigenvalue weighted by molar-refractivity contribution is 0.208. The smallest absolute Gasteiger partial charge is 0.199 e. The van der Waals surface area contributed by atoms with Crippen LogP contribution >= 0.6 is 0 Å². The Morgan fingerprint density at radius 3 is 1.47 bits per heavy atom. The van der Waals surface area contributed by atoms with E-state index in [1.54, 1.807) is 24.3 Å². The summed E-state index contributed by atoms with van der Waals surface area (Å²) >= 11 is 0. The third kappa shape index (κ3) is 5.23. The molecule has 2 aromatic rings. The normalized spacial score (nSPS) is 17.8. The van der Waals surface area contributed by atoms with Crippen LogP contribution in [0.4, 0.5) is 0 Å². The van der Waals surface area contributed by atoms with Gasteiger partial charge in [0.05, 0.1) is 9.79 Å². The van der Waals surface area contributed by atoms with Gasteiger partial charge in [-0.2, -0.15) is 21.9 Å². The molecular weight excluding hydrogens is 444 g/mol. The number of sulfonamides is 2. The highest BCUT2D eigenvalue weighted by molar-refractivity contribution is 8.04. The highest BCUT2D eigenvalue weighted by Crippen LogP contribution is 2.37. The summed E-state index contributed by atoms with van der Waals surface area (Å²) in [5, 5.41) is 4.27. The zero-order valence-corrected chi connectivity index (χ0v) is 21.0. The lowest BCUT2D eigenvalue weighted by Crippen LogP contribution is -2.35. The maximum atomic E-state index is 13.5. The molecule has 0 saturated heterocycles. The molecule has 1 aliphatic rings. The van der Waals surface area contributed by atoms with E-state index in [2.05, 4.69) is 25.9 Å². The Morgan fingerprint density at radius 1 is 0.750 bits per heavy atom. The van der Waals surface area contributed by atoms with Gasteiger partial charge in [0.1, 0.15) is 0 Å². The number of hydrogen-bond donors (Lipinski definition) is 0. The van der Waals surface area contributed by atoms with Crippen molar-refractivity contribution in [2.75, 3.05) is 0 Å². The van der Waals surface area contributed by atoms with Crippen molar-refractivity contribution in [1.82, 2.24) is 3.82 Å². The van der Waals surface area contributed by atoms with Gasteiger partial charge >= 0.3 is 0 Å². The lowest BCUT2D eigenvalue weighted by Gasteiger charge is -2.34. The minimum absolute atomic E-state index is 0.105. The molecule has 0 heterocycles. The molecule has 8 heteroatoms. The predicted octanol–water partition coefficient (Wildman–Crippen LogP) is 5.28. The van der Waals surface area contributed by atoms with Gasteiger partial charge in [0.25, 0.3) is 20.0 Å². The van der Waals surface area contributed by atoms with Crippen LogP contribution in [0.3, 0.4) is 0 Å². The second-order valence-electron chi connectivity index (χ2n) is 9.62. The van der Waals surface area contributed by atoms with Crippen molar-refractivity contribution < 1.29 is 16.8 Å². The largest absolute Gasteiger partial charge is 0.293 e. The number of rotatable bonds is 5. The van der Waals surface area contributed by atoms with Crippen LogP contribution in [0.5, 0.6) is 0 Å². The van der Waals surface area contributed by atoms with Gasteiger partial charge in [-0.1, -0.05) is 60.0 Å². The van der Waals surface area contributed by atoms with Crippen LogP contribution in [-0.4, -0.2) is 26.4 Å². The van der Waals surface area contributed by atoms with Gasteiger partial charge in [0.15, 0.2) is 0 Å². The van der Waals surface area contributed by atoms with Crippen LogP contribution in [0.2, 0.25) is 0 Å². The van der Waals surface area contributed by atoms with Gasteiger partial charge in [-0.25, -0.2) is 0 Å². The van der Waals surface area contributed by atoms with Crippen molar-refractivity contribution in [2.45, 2.75) is 70.1 Å². The minimum atomic E-state index is -4.42. The molecule has 1 saturated carbocycles. The Bertz CT molecular complexity index is 1110. The van der Waals surface area contributed by atoms with E-state index < -0.39 is 20.0 Å². The Balaban J connectivity index is 2.06. The van der Waals surface area contributed by atoms with Gasteiger partial charge in [0, 0.05) is 5.71 Å². The summed E-state index contributed by atoms with van der Waals surface area (Å²) in [5.41, 5.74) is 2.50. The minimum Gasteiger partial charge on any atom is -0.199 e. The summed E-state index contributed by atoms with van der Waals surface area (Å²) < 4.78 is 54.2. The molecule has 1 fully saturated rings. The van der Waals surface area contributed by atoms with Crippen LogP contribution in [0.25, 0.3) is 0 Å². The second-order valence-corrected chi connectivity index (χ2v) is 13.4. The van der Waals surface area contributed by atoms with Crippen molar-refractivity contribution in [3.05, 3.63) is 59.7 Å². The number of benzene rings is 2. The fourth-order valence-electron chi connectivity index (χ4n) is 3.87. The second kappa shape index (κ2) is 8.98. The molecule has 0 bridgehead atoms. The molecule has 0 spiro atoms. The average molecular weight is 477 g/mol. The van der Waals surface area contributed by atoms with Gasteiger partial charge in [-0.3, -0.25) is 0 Å². The molecule has 2 aromatic carbocycles. The number of aryl methyl sites for hydroxylation is 2. The van der Waals surface area contributed by atoms with Crippen LogP contribution in [-0.2, 0) is 20.0 Å². The third-order valence-electron chi connectivity index (χ3n) is 6.06. The molecule has 0 amide bonds. The number of nitrogens with zero attached hydrogens (tertiary/aromatic N) is 2. The van der Waals surface area contributed by atoms with E-state index in [0.717, 1.165) is 24.0 Å². The molecule has 0 aromatic heterocycles. The number of hydrazone groups is 1. The molecule has 0 aliphatic heterocycles. The first kappa shape index (κ1) is 24.5. The van der Waals surface area contributed by atoms with Crippen LogP contribution in [0.1, 0.15) is 57.6 Å². The van der Waals surface area contributed by atoms with Gasteiger partial charge in [-0.15, -0.1) is 0 Å². The van der Waals surface area contributed by atoms with Crippen LogP contribution in [0.15, 0.2) is 63.4 Å². The first-order chi connectivity index (χ1) is 14.8. The Morgan fingerprint density at radius 2 is 1.12 bits per heavy atom. The van der Waals surface area contributed by atoms with E-state index in [1.165, 1.54) is 24.3 Å². The first-order valence-corrected chi connectivity index (χ1v) is 13.7. The highest BCUT2D eigenvalue weighted by Gasteiger charge is 2.37. The quantitative estimate of drug-likeness (QED) is 0.550. The van der Waals surface area contributed by atoms with Gasteiger partial charge in [-0.05, 0) is 75.1 Å². The zero-order valence-electron chi connectivity index (χ0n) is 19.4. The summed E-state index contributed by atoms with van der Waals surface area (Å²) in [6.45, 7) is 10.2. The summed E-state index contributed by atoms with van der Waals surface area (Å²) in [7, 11) is -8.83. The molecule has 174 valence electrons. The maximum absolute atomic E-state index is 13.5. The molecular formula is C24H32N2O4S2. The fourth-order valence-corrected chi connectivity index (χ4v) is 7.19. The first-order valence-electron chi connectivity index (χ1n) is 10.8. The lowest BCUT2D eigenvalue weighted by atomic mass is 9.72. The van der Waals surface area contributed by atoms with Crippen molar-refractivity contribution in [3.63, 3.8) is 0 Å². The Kier molecular flexibility index (Phi) is 6.86. The van der Waals surface area contributed by atoms with Crippen molar-refractivity contribution in [2.24, 2.45) is 16.4 Å². The molecule has 0 N–H and O–H groups in total. The summed E-state index contributed by atoms with van der Waals surface area (Å²) in [6.07, 6.45) is 2.85. The highest BCUT2D eigenvalue weighted by atomic mass is 32.3. The summed E-state index contributed by atoms with van der Waals surface area (Å²) in [6, 6.07) is 12.2. The number of hydrogen-bond acceptors (Lipinski definition) is 5.